The molecule has 3 unspecified atom stereocenters. The zero-order valence-electron chi connectivity index (χ0n) is 11.5. The van der Waals surface area contributed by atoms with E-state index >= 15 is 0 Å². The van der Waals surface area contributed by atoms with E-state index in [-0.39, 0.29) is 0 Å². The molecular weight excluding hydrogens is 226 g/mol. The Labute approximate surface area is 110 Å². The largest absolute Gasteiger partial charge is 0.468 e. The molecule has 1 fully saturated rings. The number of rotatable bonds is 6. The van der Waals surface area contributed by atoms with Gasteiger partial charge in [-0.25, -0.2) is 0 Å². The van der Waals surface area contributed by atoms with Gasteiger partial charge in [0.05, 0.1) is 25.5 Å². The summed E-state index contributed by atoms with van der Waals surface area (Å²) in [6.45, 7) is 7.17. The van der Waals surface area contributed by atoms with Crippen LogP contribution in [-0.2, 0) is 11.3 Å². The van der Waals surface area contributed by atoms with Crippen molar-refractivity contribution in [3.8, 4) is 0 Å². The highest BCUT2D eigenvalue weighted by Gasteiger charge is 2.24. The molecule has 102 valence electrons. The fourth-order valence-electron chi connectivity index (χ4n) is 2.57. The van der Waals surface area contributed by atoms with Crippen molar-refractivity contribution in [2.45, 2.75) is 45.8 Å². The molecule has 1 aliphatic rings. The maximum atomic E-state index is 5.93. The highest BCUT2D eigenvalue weighted by molar-refractivity contribution is 4.97. The van der Waals surface area contributed by atoms with Crippen LogP contribution in [0.15, 0.2) is 22.8 Å². The lowest BCUT2D eigenvalue weighted by Crippen LogP contribution is -2.29. The average Bonchev–Trinajstić information content (AvgIpc) is 2.86. The first-order valence-corrected chi connectivity index (χ1v) is 7.10. The summed E-state index contributed by atoms with van der Waals surface area (Å²) in [5, 5.41) is 3.33. The number of furan rings is 1. The standard InChI is InChI=1S/C15H25NO2/c1-12-5-6-14(10-13(12)2)18-9-7-16-11-15-4-3-8-17-15/h3-4,8,12-14,16H,5-7,9-11H2,1-2H3. The fraction of sp³-hybridized carbons (Fsp3) is 0.733. The molecule has 0 saturated heterocycles. The van der Waals surface area contributed by atoms with Crippen molar-refractivity contribution in [2.75, 3.05) is 13.2 Å². The number of nitrogens with one attached hydrogen (secondary N) is 1. The summed E-state index contributed by atoms with van der Waals surface area (Å²) in [6.07, 6.45) is 5.94. The first kappa shape index (κ1) is 13.6. The van der Waals surface area contributed by atoms with Crippen molar-refractivity contribution in [1.29, 1.82) is 0 Å². The Bertz CT molecular complexity index is 323. The second-order valence-corrected chi connectivity index (χ2v) is 5.52. The van der Waals surface area contributed by atoms with Gasteiger partial charge in [-0.05, 0) is 43.2 Å². The van der Waals surface area contributed by atoms with Crippen molar-refractivity contribution in [3.63, 3.8) is 0 Å². The molecule has 3 atom stereocenters. The molecule has 1 aromatic heterocycles. The highest BCUT2D eigenvalue weighted by Crippen LogP contribution is 2.30. The molecule has 0 aliphatic heterocycles. The van der Waals surface area contributed by atoms with Crippen molar-refractivity contribution in [2.24, 2.45) is 11.8 Å². The van der Waals surface area contributed by atoms with Crippen molar-refractivity contribution < 1.29 is 9.15 Å². The lowest BCUT2D eigenvalue weighted by Gasteiger charge is -2.31. The van der Waals surface area contributed by atoms with Gasteiger partial charge < -0.3 is 14.5 Å². The maximum absolute atomic E-state index is 5.93. The van der Waals surface area contributed by atoms with Gasteiger partial charge in [0.15, 0.2) is 0 Å². The Morgan fingerprint density at radius 2 is 2.22 bits per heavy atom. The quantitative estimate of drug-likeness (QED) is 0.788. The summed E-state index contributed by atoms with van der Waals surface area (Å²) in [4.78, 5) is 0. The topological polar surface area (TPSA) is 34.4 Å². The molecule has 1 N–H and O–H groups in total. The third-order valence-electron chi connectivity index (χ3n) is 4.06. The SMILES string of the molecule is CC1CCC(OCCNCc2ccco2)CC1C. The van der Waals surface area contributed by atoms with E-state index in [1.165, 1.54) is 19.3 Å². The van der Waals surface area contributed by atoms with Crippen LogP contribution in [0.25, 0.3) is 0 Å². The minimum absolute atomic E-state index is 0.474. The molecule has 0 bridgehead atoms. The second-order valence-electron chi connectivity index (χ2n) is 5.52. The smallest absolute Gasteiger partial charge is 0.117 e. The third-order valence-corrected chi connectivity index (χ3v) is 4.06. The third kappa shape index (κ3) is 4.14. The van der Waals surface area contributed by atoms with Crippen molar-refractivity contribution >= 4 is 0 Å². The van der Waals surface area contributed by atoms with Gasteiger partial charge in [0, 0.05) is 6.54 Å². The Balaban J connectivity index is 1.53. The molecule has 18 heavy (non-hydrogen) atoms. The van der Waals surface area contributed by atoms with E-state index in [1.54, 1.807) is 6.26 Å². The molecule has 1 aromatic rings. The summed E-state index contributed by atoms with van der Waals surface area (Å²) >= 11 is 0. The van der Waals surface area contributed by atoms with Crippen molar-refractivity contribution in [1.82, 2.24) is 5.32 Å². The van der Waals surface area contributed by atoms with Gasteiger partial charge in [-0.2, -0.15) is 0 Å². The van der Waals surface area contributed by atoms with Crippen LogP contribution in [0.5, 0.6) is 0 Å². The Morgan fingerprint density at radius 3 is 2.94 bits per heavy atom. The highest BCUT2D eigenvalue weighted by atomic mass is 16.5. The minimum atomic E-state index is 0.474. The van der Waals surface area contributed by atoms with Gasteiger partial charge in [-0.1, -0.05) is 13.8 Å². The zero-order chi connectivity index (χ0) is 12.8. The predicted octanol–water partition coefficient (Wildman–Crippen LogP) is 3.21. The maximum Gasteiger partial charge on any atom is 0.117 e. The second kappa shape index (κ2) is 6.95. The van der Waals surface area contributed by atoms with Gasteiger partial charge in [0.25, 0.3) is 0 Å². The molecule has 0 spiro atoms. The van der Waals surface area contributed by atoms with Crippen LogP contribution < -0.4 is 5.32 Å². The molecule has 0 aromatic carbocycles. The molecule has 3 heteroatoms. The number of hydrogen-bond donors (Lipinski definition) is 1. The summed E-state index contributed by atoms with van der Waals surface area (Å²) in [5.74, 6) is 2.65. The molecule has 1 aliphatic carbocycles. The summed E-state index contributed by atoms with van der Waals surface area (Å²) in [5.41, 5.74) is 0. The van der Waals surface area contributed by atoms with E-state index < -0.39 is 0 Å². The van der Waals surface area contributed by atoms with Crippen LogP contribution in [0.4, 0.5) is 0 Å². The van der Waals surface area contributed by atoms with Crippen LogP contribution >= 0.6 is 0 Å². The Morgan fingerprint density at radius 1 is 1.33 bits per heavy atom. The minimum Gasteiger partial charge on any atom is -0.468 e. The number of hydrogen-bond acceptors (Lipinski definition) is 3. The zero-order valence-corrected chi connectivity index (χ0v) is 11.5. The van der Waals surface area contributed by atoms with E-state index in [0.717, 1.165) is 37.3 Å². The molecule has 1 saturated carbocycles. The van der Waals surface area contributed by atoms with Crippen LogP contribution in [0.2, 0.25) is 0 Å². The number of ether oxygens (including phenoxy) is 1. The lowest BCUT2D eigenvalue weighted by atomic mass is 9.80. The first-order chi connectivity index (χ1) is 8.75. The van der Waals surface area contributed by atoms with E-state index in [1.807, 2.05) is 12.1 Å². The van der Waals surface area contributed by atoms with Gasteiger partial charge in [0.1, 0.15) is 5.76 Å². The summed E-state index contributed by atoms with van der Waals surface area (Å²) in [6, 6.07) is 3.90. The van der Waals surface area contributed by atoms with Crippen LogP contribution in [0, 0.1) is 11.8 Å². The fourth-order valence-corrected chi connectivity index (χ4v) is 2.57. The van der Waals surface area contributed by atoms with Crippen LogP contribution in [-0.4, -0.2) is 19.3 Å². The first-order valence-electron chi connectivity index (χ1n) is 7.10. The summed E-state index contributed by atoms with van der Waals surface area (Å²) in [7, 11) is 0. The molecule has 1 heterocycles. The van der Waals surface area contributed by atoms with Gasteiger partial charge in [-0.15, -0.1) is 0 Å². The van der Waals surface area contributed by atoms with E-state index in [9.17, 15) is 0 Å². The Hall–Kier alpha value is -0.800. The molecule has 0 radical (unpaired) electrons. The average molecular weight is 251 g/mol. The van der Waals surface area contributed by atoms with Gasteiger partial charge >= 0.3 is 0 Å². The normalized spacial score (nSPS) is 28.4. The van der Waals surface area contributed by atoms with E-state index in [0.29, 0.717) is 6.10 Å². The van der Waals surface area contributed by atoms with E-state index in [4.69, 9.17) is 9.15 Å². The van der Waals surface area contributed by atoms with Crippen molar-refractivity contribution in [3.05, 3.63) is 24.2 Å². The summed E-state index contributed by atoms with van der Waals surface area (Å²) < 4.78 is 11.2. The monoisotopic (exact) mass is 251 g/mol. The van der Waals surface area contributed by atoms with Gasteiger partial charge in [-0.3, -0.25) is 0 Å². The molecule has 0 amide bonds. The lowest BCUT2D eigenvalue weighted by molar-refractivity contribution is 0.00415. The molecular formula is C15H25NO2. The molecule has 3 nitrogen and oxygen atoms in total. The Kier molecular flexibility index (Phi) is 5.26. The van der Waals surface area contributed by atoms with Crippen LogP contribution in [0.1, 0.15) is 38.9 Å². The van der Waals surface area contributed by atoms with Gasteiger partial charge in [0.2, 0.25) is 0 Å². The van der Waals surface area contributed by atoms with Crippen LogP contribution in [0.3, 0.4) is 0 Å². The van der Waals surface area contributed by atoms with E-state index in [2.05, 4.69) is 19.2 Å². The predicted molar refractivity (Wildman–Crippen MR) is 72.3 cm³/mol. The molecule has 2 rings (SSSR count).